The van der Waals surface area contributed by atoms with Crippen LogP contribution in [0.5, 0.6) is 0 Å². The molecule has 11 heteroatoms. The number of hydrogen-bond acceptors (Lipinski definition) is 5. The van der Waals surface area contributed by atoms with Crippen LogP contribution in [-0.2, 0) is 20.6 Å². The summed E-state index contributed by atoms with van der Waals surface area (Å²) < 4.78 is 33.9. The van der Waals surface area contributed by atoms with Gasteiger partial charge < -0.3 is 20.6 Å². The maximum Gasteiger partial charge on any atom is 0.471 e. The molecule has 0 saturated carbocycles. The molecule has 5 nitrogen and oxygen atoms in total. The van der Waals surface area contributed by atoms with Gasteiger partial charge in [0.1, 0.15) is 0 Å². The van der Waals surface area contributed by atoms with E-state index in [-0.39, 0.29) is 0 Å². The average molecular weight is 439 g/mol. The number of fused-ring (bicyclic) bond motifs is 1. The third-order valence-electron chi connectivity index (χ3n) is 5.16. The fraction of sp³-hybridized carbons (Fsp3) is 1.00. The third kappa shape index (κ3) is 4.68. The summed E-state index contributed by atoms with van der Waals surface area (Å²) in [6, 6.07) is 5.88. The zero-order valence-electron chi connectivity index (χ0n) is 15.5. The Morgan fingerprint density at radius 2 is 1.29 bits per heavy atom. The SMILES string of the molecule is CCC[SiH]1O[SiH]2CCCC[SiH]3O[SiH](CCC)O[Si](CCC)(O1)O[SiH]23. The molecule has 4 atom stereocenters. The zero-order chi connectivity index (χ0) is 17.0. The monoisotopic (exact) mass is 438 g/mol. The topological polar surface area (TPSA) is 46.2 Å². The lowest BCUT2D eigenvalue weighted by Gasteiger charge is -2.32. The first-order chi connectivity index (χ1) is 11.7. The second-order valence-corrected chi connectivity index (χ2v) is 32.0. The van der Waals surface area contributed by atoms with Gasteiger partial charge in [0.15, 0.2) is 25.2 Å². The van der Waals surface area contributed by atoms with Crippen LogP contribution in [0.2, 0.25) is 30.2 Å². The van der Waals surface area contributed by atoms with Gasteiger partial charge in [-0.15, -0.1) is 0 Å². The van der Waals surface area contributed by atoms with Gasteiger partial charge in [0.05, 0.1) is 0 Å². The van der Waals surface area contributed by atoms with Crippen molar-refractivity contribution in [3.8, 4) is 0 Å². The Hall–Kier alpha value is 1.10. The van der Waals surface area contributed by atoms with Gasteiger partial charge in [-0.25, -0.2) is 0 Å². The highest BCUT2D eigenvalue weighted by molar-refractivity contribution is 7.47. The minimum atomic E-state index is -2.52. The first-order valence-electron chi connectivity index (χ1n) is 10.0. The number of rotatable bonds is 6. The predicted molar refractivity (Wildman–Crippen MR) is 111 cm³/mol. The molecule has 3 saturated heterocycles. The van der Waals surface area contributed by atoms with E-state index in [0.717, 1.165) is 37.4 Å². The van der Waals surface area contributed by atoms with E-state index in [0.29, 0.717) is 0 Å². The molecular formula is C13H34O5Si6. The van der Waals surface area contributed by atoms with Gasteiger partial charge in [-0.3, -0.25) is 0 Å². The Labute approximate surface area is 156 Å². The van der Waals surface area contributed by atoms with E-state index in [1.165, 1.54) is 24.9 Å². The lowest BCUT2D eigenvalue weighted by Crippen LogP contribution is -2.55. The molecule has 0 aliphatic carbocycles. The molecule has 3 fully saturated rings. The minimum Gasteiger partial charge on any atom is -0.441 e. The lowest BCUT2D eigenvalue weighted by molar-refractivity contribution is 0.242. The molecule has 3 heterocycles. The van der Waals surface area contributed by atoms with Crippen LogP contribution < -0.4 is 0 Å². The largest absolute Gasteiger partial charge is 0.471 e. The van der Waals surface area contributed by atoms with Crippen LogP contribution in [0.15, 0.2) is 0 Å². The van der Waals surface area contributed by atoms with E-state index in [4.69, 9.17) is 20.6 Å². The Balaban J connectivity index is 1.91. The molecule has 0 N–H and O–H groups in total. The van der Waals surface area contributed by atoms with Crippen LogP contribution in [-0.4, -0.2) is 52.6 Å². The Bertz CT molecular complexity index is 377. The van der Waals surface area contributed by atoms with Gasteiger partial charge in [0.2, 0.25) is 0 Å². The van der Waals surface area contributed by atoms with Crippen LogP contribution in [0.1, 0.15) is 52.9 Å². The van der Waals surface area contributed by atoms with Crippen molar-refractivity contribution in [2.75, 3.05) is 0 Å². The molecule has 0 radical (unpaired) electrons. The number of hydrogen-bond donors (Lipinski definition) is 0. The van der Waals surface area contributed by atoms with Crippen molar-refractivity contribution in [3.05, 3.63) is 0 Å². The predicted octanol–water partition coefficient (Wildman–Crippen LogP) is 1.83. The highest BCUT2D eigenvalue weighted by atomic mass is 29.6. The van der Waals surface area contributed by atoms with Gasteiger partial charge in [0, 0.05) is 6.04 Å². The lowest BCUT2D eigenvalue weighted by atomic mass is 10.4. The fourth-order valence-corrected chi connectivity index (χ4v) is 56.6. The van der Waals surface area contributed by atoms with Gasteiger partial charge in [-0.2, -0.15) is 0 Å². The highest BCUT2D eigenvalue weighted by Crippen LogP contribution is 2.34. The van der Waals surface area contributed by atoms with Gasteiger partial charge in [-0.05, 0) is 24.2 Å². The average Bonchev–Trinajstić information content (AvgIpc) is 2.85. The molecule has 2 bridgehead atoms. The summed E-state index contributed by atoms with van der Waals surface area (Å²) in [5, 5.41) is 0. The maximum atomic E-state index is 6.98. The molecule has 0 aromatic carbocycles. The van der Waals surface area contributed by atoms with E-state index < -0.39 is 52.6 Å². The second kappa shape index (κ2) is 9.34. The van der Waals surface area contributed by atoms with Crippen molar-refractivity contribution in [1.82, 2.24) is 0 Å². The molecule has 3 aliphatic rings. The third-order valence-corrected chi connectivity index (χ3v) is 43.9. The summed E-state index contributed by atoms with van der Waals surface area (Å²) in [5.41, 5.74) is 0. The van der Waals surface area contributed by atoms with Crippen molar-refractivity contribution >= 4 is 52.6 Å². The van der Waals surface area contributed by atoms with E-state index >= 15 is 0 Å². The van der Waals surface area contributed by atoms with Crippen molar-refractivity contribution in [3.63, 3.8) is 0 Å². The summed E-state index contributed by atoms with van der Waals surface area (Å²) in [4.78, 5) is 0. The summed E-state index contributed by atoms with van der Waals surface area (Å²) in [5.74, 6) is 0. The molecule has 0 amide bonds. The van der Waals surface area contributed by atoms with E-state index in [1.54, 1.807) is 0 Å². The molecule has 0 aromatic rings. The van der Waals surface area contributed by atoms with Gasteiger partial charge in [-0.1, -0.05) is 52.9 Å². The normalized spacial score (nSPS) is 42.9. The van der Waals surface area contributed by atoms with Gasteiger partial charge in [0.25, 0.3) is 0 Å². The highest BCUT2D eigenvalue weighted by Gasteiger charge is 2.57. The van der Waals surface area contributed by atoms with Crippen molar-refractivity contribution in [1.29, 1.82) is 0 Å². The standard InChI is InChI=1S/C13H34O5Si6/c1-4-9-19-14-21-11-7-8-12-22-15-20(10-5-2)17-24(16-19,13-6-3)18-23(21)22/h19-23H,4-13H2,1-3H3. The maximum absolute atomic E-state index is 6.98. The Morgan fingerprint density at radius 1 is 0.750 bits per heavy atom. The van der Waals surface area contributed by atoms with E-state index in [1.807, 2.05) is 0 Å². The van der Waals surface area contributed by atoms with Crippen LogP contribution in [0, 0.1) is 0 Å². The summed E-state index contributed by atoms with van der Waals surface area (Å²) in [7, 11) is -9.54. The van der Waals surface area contributed by atoms with Crippen LogP contribution in [0.25, 0.3) is 0 Å². The quantitative estimate of drug-likeness (QED) is 0.592. The van der Waals surface area contributed by atoms with E-state index in [2.05, 4.69) is 20.8 Å². The Morgan fingerprint density at radius 3 is 1.75 bits per heavy atom. The van der Waals surface area contributed by atoms with E-state index in [9.17, 15) is 0 Å². The van der Waals surface area contributed by atoms with Crippen molar-refractivity contribution < 1.29 is 20.6 Å². The van der Waals surface area contributed by atoms with Crippen LogP contribution in [0.4, 0.5) is 0 Å². The zero-order valence-corrected chi connectivity index (χ0v) is 22.3. The first-order valence-corrected chi connectivity index (χ1v) is 23.9. The molecule has 4 unspecified atom stereocenters. The van der Waals surface area contributed by atoms with Gasteiger partial charge >= 0.3 is 27.4 Å². The van der Waals surface area contributed by atoms with Crippen LogP contribution >= 0.6 is 0 Å². The van der Waals surface area contributed by atoms with Crippen molar-refractivity contribution in [2.45, 2.75) is 83.1 Å². The molecule has 24 heavy (non-hydrogen) atoms. The minimum absolute atomic E-state index is 0.992. The molecule has 3 rings (SSSR count). The molecule has 0 spiro atoms. The molecule has 140 valence electrons. The second-order valence-electron chi connectivity index (χ2n) is 7.32. The van der Waals surface area contributed by atoms with Crippen molar-refractivity contribution in [2.24, 2.45) is 0 Å². The summed E-state index contributed by atoms with van der Waals surface area (Å²) >= 11 is 0. The fourth-order valence-electron chi connectivity index (χ4n) is 4.05. The molecule has 3 aliphatic heterocycles. The molecular weight excluding hydrogens is 405 g/mol. The summed E-state index contributed by atoms with van der Waals surface area (Å²) in [6.07, 6.45) is 6.09. The molecule has 0 aromatic heterocycles. The first kappa shape index (κ1) is 19.9. The smallest absolute Gasteiger partial charge is 0.441 e. The Kier molecular flexibility index (Phi) is 7.73. The summed E-state index contributed by atoms with van der Waals surface area (Å²) in [6.45, 7) is 6.74. The van der Waals surface area contributed by atoms with Crippen LogP contribution in [0.3, 0.4) is 0 Å².